The van der Waals surface area contributed by atoms with E-state index in [1.807, 2.05) is 18.2 Å². The molecule has 35 heavy (non-hydrogen) atoms. The second-order valence-electron chi connectivity index (χ2n) is 9.59. The highest BCUT2D eigenvalue weighted by Crippen LogP contribution is 2.23. The second kappa shape index (κ2) is 13.4. The normalized spacial score (nSPS) is 13.2. The summed E-state index contributed by atoms with van der Waals surface area (Å²) < 4.78 is 27.3. The Bertz CT molecular complexity index is 1060. The number of carboxylic acids is 1. The van der Waals surface area contributed by atoms with Gasteiger partial charge in [0, 0.05) is 37.1 Å². The summed E-state index contributed by atoms with van der Waals surface area (Å²) >= 11 is 6.13. The Morgan fingerprint density at radius 2 is 1.74 bits per heavy atom. The van der Waals surface area contributed by atoms with E-state index in [-0.39, 0.29) is 35.0 Å². The third-order valence-corrected chi connectivity index (χ3v) is 7.91. The molecule has 1 atom stereocenters. The fraction of sp³-hybridized carbons (Fsp3) is 0.500. The summed E-state index contributed by atoms with van der Waals surface area (Å²) in [6.45, 7) is 4.33. The van der Waals surface area contributed by atoms with Crippen molar-refractivity contribution in [2.24, 2.45) is 0 Å². The van der Waals surface area contributed by atoms with Crippen molar-refractivity contribution in [3.8, 4) is 0 Å². The van der Waals surface area contributed by atoms with Crippen LogP contribution in [0.4, 0.5) is 0 Å². The zero-order valence-corrected chi connectivity index (χ0v) is 22.3. The van der Waals surface area contributed by atoms with Crippen LogP contribution in [0.3, 0.4) is 0 Å². The van der Waals surface area contributed by atoms with Crippen LogP contribution in [-0.2, 0) is 27.7 Å². The van der Waals surface area contributed by atoms with Gasteiger partial charge < -0.3 is 15.5 Å². The first kappa shape index (κ1) is 29.3. The third kappa shape index (κ3) is 10.3. The summed E-state index contributed by atoms with van der Waals surface area (Å²) in [6, 6.07) is 14.8. The summed E-state index contributed by atoms with van der Waals surface area (Å²) in [5, 5.41) is 23.0. The molecule has 9 heteroatoms. The second-order valence-corrected chi connectivity index (χ2v) is 12.1. The number of aliphatic hydroxyl groups excluding tert-OH is 1. The first-order valence-electron chi connectivity index (χ1n) is 11.8. The first-order chi connectivity index (χ1) is 16.4. The molecule has 0 saturated heterocycles. The third-order valence-electron chi connectivity index (χ3n) is 5.89. The number of hydrogen-bond acceptors (Lipinski definition) is 5. The van der Waals surface area contributed by atoms with Crippen molar-refractivity contribution in [2.45, 2.75) is 68.9 Å². The molecule has 0 amide bonds. The maximum atomic E-state index is 13.1. The maximum absolute atomic E-state index is 13.1. The lowest BCUT2D eigenvalue weighted by Crippen LogP contribution is -2.46. The number of hydrogen-bond donors (Lipinski definition) is 3. The lowest BCUT2D eigenvalue weighted by atomic mass is 9.95. The monoisotopic (exact) mass is 524 g/mol. The Labute approximate surface area is 214 Å². The number of benzene rings is 2. The zero-order valence-electron chi connectivity index (χ0n) is 20.7. The molecule has 2 aromatic carbocycles. The Kier molecular flexibility index (Phi) is 11.2. The Morgan fingerprint density at radius 1 is 1.09 bits per heavy atom. The highest BCUT2D eigenvalue weighted by molar-refractivity contribution is 7.89. The fourth-order valence-electron chi connectivity index (χ4n) is 3.86. The number of nitrogens with one attached hydrogen (secondary N) is 1. The molecule has 0 aliphatic rings. The van der Waals surface area contributed by atoms with E-state index in [1.165, 1.54) is 24.7 Å². The summed E-state index contributed by atoms with van der Waals surface area (Å²) in [7, 11) is -2.45. The van der Waals surface area contributed by atoms with Gasteiger partial charge in [0.25, 0.3) is 0 Å². The van der Waals surface area contributed by atoms with E-state index >= 15 is 0 Å². The molecule has 0 saturated carbocycles. The van der Waals surface area contributed by atoms with E-state index in [9.17, 15) is 18.3 Å². The van der Waals surface area contributed by atoms with Gasteiger partial charge in [0.05, 0.1) is 11.0 Å². The van der Waals surface area contributed by atoms with Gasteiger partial charge in [0.1, 0.15) is 0 Å². The molecule has 0 fully saturated rings. The van der Waals surface area contributed by atoms with Crippen LogP contribution in [0.5, 0.6) is 0 Å². The van der Waals surface area contributed by atoms with Crippen LogP contribution in [0.15, 0.2) is 53.4 Å². The number of likely N-dealkylation sites (N-methyl/N-ethyl adjacent to an activating group) is 1. The number of sulfonamides is 1. The molecule has 0 radical (unpaired) electrons. The minimum atomic E-state index is -3.87. The first-order valence-corrected chi connectivity index (χ1v) is 13.7. The quantitative estimate of drug-likeness (QED) is 0.323. The Morgan fingerprint density at radius 3 is 2.40 bits per heavy atom. The lowest BCUT2D eigenvalue weighted by Gasteiger charge is -2.29. The molecule has 7 nitrogen and oxygen atoms in total. The molecule has 2 rings (SSSR count). The van der Waals surface area contributed by atoms with Gasteiger partial charge in [-0.15, -0.1) is 0 Å². The number of rotatable bonds is 15. The number of halogens is 1. The van der Waals surface area contributed by atoms with E-state index < -0.39 is 22.1 Å². The number of β-amino-alcohol motifs (C(OH)–C–C–N with tert-alkyl or cyclic N) is 1. The highest BCUT2D eigenvalue weighted by Gasteiger charge is 2.25. The molecule has 0 aromatic heterocycles. The number of nitrogens with zero attached hydrogens (tertiary/aromatic N) is 1. The van der Waals surface area contributed by atoms with E-state index in [1.54, 1.807) is 6.07 Å². The molecule has 2 aromatic rings. The lowest BCUT2D eigenvalue weighted by molar-refractivity contribution is -0.137. The standard InChI is InChI=1S/C26H37ClN2O5S/c1-26(2,14-8-12-20-9-5-4-6-10-20)28-18-23(30)19-29(3)35(33,34)24-16-21(15-22(27)17-24)11-7-13-25(31)32/h4-6,9-10,15-17,23,28,30H,7-8,11-14,18-19H2,1-3H3,(H,31,32)/t23-/m1/s1. The summed E-state index contributed by atoms with van der Waals surface area (Å²) in [4.78, 5) is 10.8. The zero-order chi connectivity index (χ0) is 26.1. The largest absolute Gasteiger partial charge is 0.481 e. The smallest absolute Gasteiger partial charge is 0.303 e. The van der Waals surface area contributed by atoms with Crippen LogP contribution in [0.25, 0.3) is 0 Å². The summed E-state index contributed by atoms with van der Waals surface area (Å²) in [6.07, 6.45) is 2.79. The van der Waals surface area contributed by atoms with Gasteiger partial charge in [0.15, 0.2) is 0 Å². The molecular weight excluding hydrogens is 488 g/mol. The molecule has 3 N–H and O–H groups in total. The van der Waals surface area contributed by atoms with Crippen LogP contribution in [0, 0.1) is 0 Å². The summed E-state index contributed by atoms with van der Waals surface area (Å²) in [5.74, 6) is -0.901. The van der Waals surface area contributed by atoms with Crippen molar-refractivity contribution >= 4 is 27.6 Å². The fourth-order valence-corrected chi connectivity index (χ4v) is 5.49. The van der Waals surface area contributed by atoms with E-state index in [2.05, 4.69) is 31.3 Å². The average Bonchev–Trinajstić information content (AvgIpc) is 2.78. The van der Waals surface area contributed by atoms with Crippen molar-refractivity contribution in [2.75, 3.05) is 20.1 Å². The van der Waals surface area contributed by atoms with Gasteiger partial charge in [-0.2, -0.15) is 4.31 Å². The van der Waals surface area contributed by atoms with Gasteiger partial charge in [-0.1, -0.05) is 41.9 Å². The van der Waals surface area contributed by atoms with Crippen LogP contribution in [0.2, 0.25) is 5.02 Å². The molecule has 194 valence electrons. The van der Waals surface area contributed by atoms with Gasteiger partial charge in [-0.3, -0.25) is 4.79 Å². The minimum Gasteiger partial charge on any atom is -0.481 e. The SMILES string of the molecule is CN(C[C@H](O)CNC(C)(C)CCCc1ccccc1)S(=O)(=O)c1cc(Cl)cc(CCCC(=O)O)c1. The van der Waals surface area contributed by atoms with E-state index in [0.717, 1.165) is 23.6 Å². The van der Waals surface area contributed by atoms with Crippen molar-refractivity contribution in [1.29, 1.82) is 0 Å². The molecule has 0 bridgehead atoms. The highest BCUT2D eigenvalue weighted by atomic mass is 35.5. The molecule has 0 aliphatic heterocycles. The van der Waals surface area contributed by atoms with Crippen molar-refractivity contribution in [1.82, 2.24) is 9.62 Å². The van der Waals surface area contributed by atoms with Gasteiger partial charge in [-0.25, -0.2) is 8.42 Å². The van der Waals surface area contributed by atoms with Crippen LogP contribution >= 0.6 is 11.6 Å². The van der Waals surface area contributed by atoms with Crippen LogP contribution < -0.4 is 5.32 Å². The number of aliphatic carboxylic acids is 1. The maximum Gasteiger partial charge on any atom is 0.303 e. The van der Waals surface area contributed by atoms with Gasteiger partial charge in [0.2, 0.25) is 10.0 Å². The Balaban J connectivity index is 1.89. The summed E-state index contributed by atoms with van der Waals surface area (Å²) in [5.41, 5.74) is 1.75. The number of carbonyl (C=O) groups is 1. The van der Waals surface area contributed by atoms with Crippen molar-refractivity contribution in [3.05, 3.63) is 64.7 Å². The predicted octanol–water partition coefficient (Wildman–Crippen LogP) is 4.12. The molecular formula is C26H37ClN2O5S. The van der Waals surface area contributed by atoms with Crippen molar-refractivity contribution in [3.63, 3.8) is 0 Å². The molecule has 0 unspecified atom stereocenters. The van der Waals surface area contributed by atoms with Crippen LogP contribution in [-0.4, -0.2) is 60.7 Å². The molecule has 0 spiro atoms. The molecule has 0 heterocycles. The van der Waals surface area contributed by atoms with Gasteiger partial charge >= 0.3 is 5.97 Å². The number of aliphatic hydroxyl groups is 1. The minimum absolute atomic E-state index is 0.00368. The Hall–Kier alpha value is -1.97. The predicted molar refractivity (Wildman–Crippen MR) is 139 cm³/mol. The van der Waals surface area contributed by atoms with E-state index in [0.29, 0.717) is 18.4 Å². The average molecular weight is 525 g/mol. The number of carboxylic acid groups (broad SMARTS) is 1. The van der Waals surface area contributed by atoms with Crippen molar-refractivity contribution < 1.29 is 23.4 Å². The topological polar surface area (TPSA) is 107 Å². The van der Waals surface area contributed by atoms with Crippen LogP contribution in [0.1, 0.15) is 50.7 Å². The van der Waals surface area contributed by atoms with E-state index in [4.69, 9.17) is 16.7 Å². The number of aryl methyl sites for hydroxylation is 2. The molecule has 0 aliphatic carbocycles. The van der Waals surface area contributed by atoms with Gasteiger partial charge in [-0.05, 0) is 75.3 Å².